The lowest BCUT2D eigenvalue weighted by Crippen LogP contribution is -2.39. The molecule has 1 saturated heterocycles. The summed E-state index contributed by atoms with van der Waals surface area (Å²) in [4.78, 5) is 14.0. The average Bonchev–Trinajstić information content (AvgIpc) is 2.63. The fraction of sp³-hybridized carbons (Fsp3) is 0.917. The van der Waals surface area contributed by atoms with Crippen LogP contribution in [-0.4, -0.2) is 45.3 Å². The average molecular weight is 260 g/mol. The van der Waals surface area contributed by atoms with Gasteiger partial charge in [0.25, 0.3) is 0 Å². The Kier molecular flexibility index (Phi) is 5.59. The van der Waals surface area contributed by atoms with Gasteiger partial charge in [-0.2, -0.15) is 0 Å². The fourth-order valence-corrected chi connectivity index (χ4v) is 2.82. The van der Waals surface area contributed by atoms with Crippen molar-refractivity contribution in [3.05, 3.63) is 0 Å². The first-order valence-electron chi connectivity index (χ1n) is 6.42. The highest BCUT2D eigenvalue weighted by molar-refractivity contribution is 7.84. The lowest BCUT2D eigenvalue weighted by atomic mass is 10.1. The molecule has 0 aromatic carbocycles. The number of hydrogen-bond donors (Lipinski definition) is 1. The predicted molar refractivity (Wildman–Crippen MR) is 71.1 cm³/mol. The van der Waals surface area contributed by atoms with Gasteiger partial charge in [0.15, 0.2) is 0 Å². The van der Waals surface area contributed by atoms with Crippen molar-refractivity contribution in [3.63, 3.8) is 0 Å². The van der Waals surface area contributed by atoms with Gasteiger partial charge in [-0.15, -0.1) is 0 Å². The van der Waals surface area contributed by atoms with Crippen LogP contribution in [0.2, 0.25) is 0 Å². The molecule has 0 aliphatic carbocycles. The Hall–Kier alpha value is -0.420. The number of nitrogens with one attached hydrogen (secondary N) is 1. The number of amides is 1. The van der Waals surface area contributed by atoms with Crippen LogP contribution in [0, 0.1) is 5.92 Å². The second-order valence-electron chi connectivity index (χ2n) is 4.78. The Balaban J connectivity index is 2.62. The van der Waals surface area contributed by atoms with E-state index in [1.54, 1.807) is 0 Å². The zero-order chi connectivity index (χ0) is 13.0. The molecule has 1 aliphatic heterocycles. The minimum Gasteiger partial charge on any atom is -0.325 e. The van der Waals surface area contributed by atoms with Gasteiger partial charge in [-0.1, -0.05) is 27.7 Å². The number of rotatable bonds is 6. The predicted octanol–water partition coefficient (Wildman–Crippen LogP) is 0.947. The SMILES string of the molecule is CCC1NC(C(C)C)C(=O)N1CCS(=O)CC. The summed E-state index contributed by atoms with van der Waals surface area (Å²) < 4.78 is 11.4. The topological polar surface area (TPSA) is 49.4 Å². The first kappa shape index (κ1) is 14.6. The minimum atomic E-state index is -0.798. The van der Waals surface area contributed by atoms with Crippen molar-refractivity contribution in [2.45, 2.75) is 46.3 Å². The summed E-state index contributed by atoms with van der Waals surface area (Å²) in [7, 11) is -0.798. The Labute approximate surface area is 107 Å². The molecule has 100 valence electrons. The Morgan fingerprint density at radius 3 is 2.53 bits per heavy atom. The molecule has 1 heterocycles. The molecule has 3 atom stereocenters. The summed E-state index contributed by atoms with van der Waals surface area (Å²) in [6.07, 6.45) is 1.01. The molecule has 0 spiro atoms. The molecule has 0 aromatic heterocycles. The van der Waals surface area contributed by atoms with Gasteiger partial charge in [0.05, 0.1) is 12.2 Å². The van der Waals surface area contributed by atoms with E-state index in [-0.39, 0.29) is 18.1 Å². The van der Waals surface area contributed by atoms with E-state index in [1.807, 2.05) is 11.8 Å². The first-order chi connectivity index (χ1) is 8.01. The lowest BCUT2D eigenvalue weighted by Gasteiger charge is -2.22. The van der Waals surface area contributed by atoms with Crippen molar-refractivity contribution < 1.29 is 9.00 Å². The highest BCUT2D eigenvalue weighted by Crippen LogP contribution is 2.18. The third-order valence-corrected chi connectivity index (χ3v) is 4.51. The zero-order valence-electron chi connectivity index (χ0n) is 11.2. The van der Waals surface area contributed by atoms with Gasteiger partial charge in [-0.25, -0.2) is 0 Å². The third-order valence-electron chi connectivity index (χ3n) is 3.23. The van der Waals surface area contributed by atoms with Crippen LogP contribution >= 0.6 is 0 Å². The van der Waals surface area contributed by atoms with E-state index in [9.17, 15) is 9.00 Å². The van der Waals surface area contributed by atoms with Gasteiger partial charge < -0.3 is 4.90 Å². The summed E-state index contributed by atoms with van der Waals surface area (Å²) in [5, 5.41) is 3.36. The molecule has 0 aromatic rings. The van der Waals surface area contributed by atoms with Crippen molar-refractivity contribution >= 4 is 16.7 Å². The molecule has 4 nitrogen and oxygen atoms in total. The van der Waals surface area contributed by atoms with Gasteiger partial charge in [0.2, 0.25) is 5.91 Å². The summed E-state index contributed by atoms with van der Waals surface area (Å²) >= 11 is 0. The second-order valence-corrected chi connectivity index (χ2v) is 6.64. The van der Waals surface area contributed by atoms with Crippen LogP contribution in [0.15, 0.2) is 0 Å². The van der Waals surface area contributed by atoms with E-state index in [1.165, 1.54) is 0 Å². The van der Waals surface area contributed by atoms with Crippen LogP contribution in [0.4, 0.5) is 0 Å². The number of hydrogen-bond acceptors (Lipinski definition) is 3. The summed E-state index contributed by atoms with van der Waals surface area (Å²) in [6.45, 7) is 8.69. The molecule has 1 amide bonds. The maximum absolute atomic E-state index is 12.2. The smallest absolute Gasteiger partial charge is 0.241 e. The molecule has 0 saturated carbocycles. The molecule has 17 heavy (non-hydrogen) atoms. The highest BCUT2D eigenvalue weighted by Gasteiger charge is 2.38. The first-order valence-corrected chi connectivity index (χ1v) is 7.91. The van der Waals surface area contributed by atoms with Gasteiger partial charge in [-0.3, -0.25) is 14.3 Å². The largest absolute Gasteiger partial charge is 0.325 e. The van der Waals surface area contributed by atoms with E-state index >= 15 is 0 Å². The molecular formula is C12H24N2O2S. The molecule has 1 fully saturated rings. The molecule has 0 bridgehead atoms. The minimum absolute atomic E-state index is 0.0741. The van der Waals surface area contributed by atoms with Crippen LogP contribution in [0.3, 0.4) is 0 Å². The van der Waals surface area contributed by atoms with Crippen molar-refractivity contribution in [2.75, 3.05) is 18.1 Å². The van der Waals surface area contributed by atoms with Crippen LogP contribution in [0.5, 0.6) is 0 Å². The van der Waals surface area contributed by atoms with Crippen LogP contribution in [-0.2, 0) is 15.6 Å². The van der Waals surface area contributed by atoms with E-state index in [4.69, 9.17) is 0 Å². The molecule has 3 unspecified atom stereocenters. The fourth-order valence-electron chi connectivity index (χ4n) is 2.13. The molecule has 1 rings (SSSR count). The number of carbonyl (C=O) groups excluding carboxylic acids is 1. The van der Waals surface area contributed by atoms with Gasteiger partial charge in [-0.05, 0) is 12.3 Å². The number of carbonyl (C=O) groups is 1. The Morgan fingerprint density at radius 1 is 1.41 bits per heavy atom. The maximum atomic E-state index is 12.2. The molecule has 1 aliphatic rings. The van der Waals surface area contributed by atoms with E-state index in [0.717, 1.165) is 6.42 Å². The maximum Gasteiger partial charge on any atom is 0.241 e. The molecule has 1 N–H and O–H groups in total. The van der Waals surface area contributed by atoms with Gasteiger partial charge >= 0.3 is 0 Å². The summed E-state index contributed by atoms with van der Waals surface area (Å²) in [5.74, 6) is 1.73. The normalized spacial score (nSPS) is 26.9. The number of nitrogens with zero attached hydrogens (tertiary/aromatic N) is 1. The van der Waals surface area contributed by atoms with Gasteiger partial charge in [0.1, 0.15) is 0 Å². The van der Waals surface area contributed by atoms with Crippen LogP contribution < -0.4 is 5.32 Å². The van der Waals surface area contributed by atoms with Crippen molar-refractivity contribution in [2.24, 2.45) is 5.92 Å². The summed E-state index contributed by atoms with van der Waals surface area (Å²) in [5.41, 5.74) is 0. The van der Waals surface area contributed by atoms with E-state index in [2.05, 4.69) is 26.1 Å². The standard InChI is InChI=1S/C12H24N2O2S/c1-5-10-13-11(9(3)4)12(15)14(10)7-8-17(16)6-2/h9-11,13H,5-8H2,1-4H3. The van der Waals surface area contributed by atoms with Gasteiger partial charge in [0, 0.05) is 28.9 Å². The summed E-state index contributed by atoms with van der Waals surface area (Å²) in [6, 6.07) is -0.0741. The van der Waals surface area contributed by atoms with Crippen molar-refractivity contribution in [3.8, 4) is 0 Å². The van der Waals surface area contributed by atoms with Crippen molar-refractivity contribution in [1.82, 2.24) is 10.2 Å². The van der Waals surface area contributed by atoms with E-state index < -0.39 is 10.8 Å². The van der Waals surface area contributed by atoms with Crippen molar-refractivity contribution in [1.29, 1.82) is 0 Å². The highest BCUT2D eigenvalue weighted by atomic mass is 32.2. The Morgan fingerprint density at radius 2 is 2.06 bits per heavy atom. The van der Waals surface area contributed by atoms with Crippen LogP contribution in [0.25, 0.3) is 0 Å². The quantitative estimate of drug-likeness (QED) is 0.773. The zero-order valence-corrected chi connectivity index (χ0v) is 12.0. The lowest BCUT2D eigenvalue weighted by molar-refractivity contribution is -0.130. The second kappa shape index (κ2) is 6.50. The monoisotopic (exact) mass is 260 g/mol. The third kappa shape index (κ3) is 3.52. The molecule has 0 radical (unpaired) electrons. The van der Waals surface area contributed by atoms with Crippen LogP contribution in [0.1, 0.15) is 34.1 Å². The van der Waals surface area contributed by atoms with E-state index in [0.29, 0.717) is 24.0 Å². The molecular weight excluding hydrogens is 236 g/mol. The molecule has 5 heteroatoms. The Bertz CT molecular complexity index is 294.